The summed E-state index contributed by atoms with van der Waals surface area (Å²) in [5.74, 6) is -0.467. The molecule has 1 aliphatic rings. The molecule has 7 nitrogen and oxygen atoms in total. The van der Waals surface area contributed by atoms with Gasteiger partial charge in [0.05, 0.1) is 0 Å². The van der Waals surface area contributed by atoms with Gasteiger partial charge in [0, 0.05) is 19.5 Å². The third kappa shape index (κ3) is 3.44. The molecule has 1 fully saturated rings. The topological polar surface area (TPSA) is 101 Å². The summed E-state index contributed by atoms with van der Waals surface area (Å²) in [4.78, 5) is 10.8. The summed E-state index contributed by atoms with van der Waals surface area (Å²) in [6.07, 6.45) is 2.18. The van der Waals surface area contributed by atoms with Crippen molar-refractivity contribution in [3.05, 3.63) is 11.5 Å². The van der Waals surface area contributed by atoms with Gasteiger partial charge in [0.15, 0.2) is 5.76 Å². The number of aliphatic carboxylic acids is 1. The second-order valence-electron chi connectivity index (χ2n) is 5.46. The van der Waals surface area contributed by atoms with Gasteiger partial charge >= 0.3 is 5.97 Å². The van der Waals surface area contributed by atoms with Crippen molar-refractivity contribution in [2.24, 2.45) is 5.92 Å². The van der Waals surface area contributed by atoms with E-state index in [4.69, 9.17) is 9.63 Å². The fraction of sp³-hybridized carbons (Fsp3) is 0.692. The highest BCUT2D eigenvalue weighted by Crippen LogP contribution is 2.29. The van der Waals surface area contributed by atoms with Crippen molar-refractivity contribution in [2.75, 3.05) is 13.1 Å². The van der Waals surface area contributed by atoms with Crippen LogP contribution in [0.5, 0.6) is 0 Å². The van der Waals surface area contributed by atoms with Crippen LogP contribution in [-0.4, -0.2) is 42.0 Å². The monoisotopic (exact) mass is 316 g/mol. The van der Waals surface area contributed by atoms with Gasteiger partial charge in [-0.25, -0.2) is 8.42 Å². The summed E-state index contributed by atoms with van der Waals surface area (Å²) in [5.41, 5.74) is 0.361. The molecule has 1 aromatic heterocycles. The van der Waals surface area contributed by atoms with Crippen LogP contribution >= 0.6 is 0 Å². The zero-order valence-electron chi connectivity index (χ0n) is 12.2. The number of carbonyl (C=O) groups is 1. The predicted octanol–water partition coefficient (Wildman–Crippen LogP) is 1.56. The Morgan fingerprint density at radius 2 is 2.19 bits per heavy atom. The van der Waals surface area contributed by atoms with Crippen molar-refractivity contribution in [3.63, 3.8) is 0 Å². The Bertz CT molecular complexity index is 603. The molecule has 118 valence electrons. The summed E-state index contributed by atoms with van der Waals surface area (Å²) < 4.78 is 31.7. The smallest absolute Gasteiger partial charge is 0.303 e. The lowest BCUT2D eigenvalue weighted by atomic mass is 9.95. The van der Waals surface area contributed by atoms with E-state index in [9.17, 15) is 13.2 Å². The van der Waals surface area contributed by atoms with Gasteiger partial charge in [-0.2, -0.15) is 4.31 Å². The van der Waals surface area contributed by atoms with Crippen molar-refractivity contribution < 1.29 is 22.8 Å². The zero-order chi connectivity index (χ0) is 15.6. The average molecular weight is 316 g/mol. The van der Waals surface area contributed by atoms with Crippen LogP contribution < -0.4 is 0 Å². The van der Waals surface area contributed by atoms with Crippen LogP contribution in [-0.2, 0) is 14.8 Å². The predicted molar refractivity (Wildman–Crippen MR) is 74.3 cm³/mol. The van der Waals surface area contributed by atoms with Gasteiger partial charge in [0.2, 0.25) is 10.0 Å². The lowest BCUT2D eigenvalue weighted by Gasteiger charge is -2.31. The van der Waals surface area contributed by atoms with Crippen LogP contribution in [0.3, 0.4) is 0 Å². The molecule has 1 N–H and O–H groups in total. The van der Waals surface area contributed by atoms with Crippen molar-refractivity contribution in [1.82, 2.24) is 9.46 Å². The molecule has 21 heavy (non-hydrogen) atoms. The standard InChI is InChI=1S/C13H20N2O5S/c1-9-13(10(2)20-14-9)21(18,19)15-7-3-4-11(8-15)5-6-12(16)17/h11H,3-8H2,1-2H3,(H,16,17). The Morgan fingerprint density at radius 3 is 2.76 bits per heavy atom. The summed E-state index contributed by atoms with van der Waals surface area (Å²) in [5, 5.41) is 12.4. The Kier molecular flexibility index (Phi) is 4.67. The third-order valence-electron chi connectivity index (χ3n) is 3.81. The van der Waals surface area contributed by atoms with Crippen LogP contribution in [0.2, 0.25) is 0 Å². The number of hydrogen-bond donors (Lipinski definition) is 1. The van der Waals surface area contributed by atoms with E-state index in [1.165, 1.54) is 4.31 Å². The first-order valence-corrected chi connectivity index (χ1v) is 8.41. The Labute approximate surface area is 124 Å². The van der Waals surface area contributed by atoms with Gasteiger partial charge in [0.1, 0.15) is 10.6 Å². The molecule has 1 saturated heterocycles. The van der Waals surface area contributed by atoms with E-state index in [1.807, 2.05) is 0 Å². The first kappa shape index (κ1) is 16.0. The van der Waals surface area contributed by atoms with E-state index < -0.39 is 16.0 Å². The van der Waals surface area contributed by atoms with Gasteiger partial charge < -0.3 is 9.63 Å². The average Bonchev–Trinajstić information content (AvgIpc) is 2.76. The number of piperidine rings is 1. The van der Waals surface area contributed by atoms with E-state index >= 15 is 0 Å². The Hall–Kier alpha value is -1.41. The molecule has 0 spiro atoms. The van der Waals surface area contributed by atoms with Crippen LogP contribution in [0.25, 0.3) is 0 Å². The molecule has 0 radical (unpaired) electrons. The largest absolute Gasteiger partial charge is 0.481 e. The summed E-state index contributed by atoms with van der Waals surface area (Å²) in [7, 11) is -3.62. The number of aryl methyl sites for hydroxylation is 2. The number of nitrogens with zero attached hydrogens (tertiary/aromatic N) is 2. The van der Waals surface area contributed by atoms with E-state index in [0.29, 0.717) is 31.0 Å². The maximum Gasteiger partial charge on any atom is 0.303 e. The fourth-order valence-corrected chi connectivity index (χ4v) is 4.63. The lowest BCUT2D eigenvalue weighted by molar-refractivity contribution is -0.137. The van der Waals surface area contributed by atoms with Gasteiger partial charge in [-0.3, -0.25) is 4.79 Å². The zero-order valence-corrected chi connectivity index (χ0v) is 13.0. The normalized spacial score (nSPS) is 20.6. The number of carboxylic acids is 1. The van der Waals surface area contributed by atoms with Crippen LogP contribution in [0.1, 0.15) is 37.1 Å². The quantitative estimate of drug-likeness (QED) is 0.884. The molecule has 1 unspecified atom stereocenters. The number of carboxylic acid groups (broad SMARTS) is 1. The van der Waals surface area contributed by atoms with Crippen molar-refractivity contribution in [3.8, 4) is 0 Å². The Morgan fingerprint density at radius 1 is 1.48 bits per heavy atom. The molecule has 1 aromatic rings. The maximum atomic E-state index is 12.7. The van der Waals surface area contributed by atoms with E-state index in [2.05, 4.69) is 5.16 Å². The molecule has 0 aromatic carbocycles. The molecule has 0 aliphatic carbocycles. The van der Waals surface area contributed by atoms with Crippen LogP contribution in [0.4, 0.5) is 0 Å². The van der Waals surface area contributed by atoms with Gasteiger partial charge in [-0.15, -0.1) is 0 Å². The second-order valence-corrected chi connectivity index (χ2v) is 7.33. The molecule has 1 atom stereocenters. The number of hydrogen-bond acceptors (Lipinski definition) is 5. The third-order valence-corrected chi connectivity index (χ3v) is 5.92. The molecular formula is C13H20N2O5S. The minimum Gasteiger partial charge on any atom is -0.481 e. The first-order valence-electron chi connectivity index (χ1n) is 6.97. The molecule has 1 aliphatic heterocycles. The molecule has 2 rings (SSSR count). The summed E-state index contributed by atoms with van der Waals surface area (Å²) in [6, 6.07) is 0. The SMILES string of the molecule is Cc1noc(C)c1S(=O)(=O)N1CCCC(CCC(=O)O)C1. The summed E-state index contributed by atoms with van der Waals surface area (Å²) in [6.45, 7) is 4.00. The number of rotatable bonds is 5. The lowest BCUT2D eigenvalue weighted by Crippen LogP contribution is -2.40. The van der Waals surface area contributed by atoms with E-state index in [0.717, 1.165) is 12.8 Å². The maximum absolute atomic E-state index is 12.7. The molecule has 0 bridgehead atoms. The van der Waals surface area contributed by atoms with Gasteiger partial charge in [-0.1, -0.05) is 5.16 Å². The second kappa shape index (κ2) is 6.15. The highest BCUT2D eigenvalue weighted by molar-refractivity contribution is 7.89. The van der Waals surface area contributed by atoms with Crippen molar-refractivity contribution in [1.29, 1.82) is 0 Å². The highest BCUT2D eigenvalue weighted by atomic mass is 32.2. The summed E-state index contributed by atoms with van der Waals surface area (Å²) >= 11 is 0. The minimum atomic E-state index is -3.62. The van der Waals surface area contributed by atoms with Crippen LogP contribution in [0.15, 0.2) is 9.42 Å². The molecule has 0 saturated carbocycles. The van der Waals surface area contributed by atoms with Crippen molar-refractivity contribution in [2.45, 2.75) is 44.4 Å². The molecule has 2 heterocycles. The first-order chi connectivity index (χ1) is 9.82. The number of aromatic nitrogens is 1. The molecule has 8 heteroatoms. The van der Waals surface area contributed by atoms with E-state index in [1.54, 1.807) is 13.8 Å². The van der Waals surface area contributed by atoms with Crippen LogP contribution in [0, 0.1) is 19.8 Å². The van der Waals surface area contributed by atoms with Gasteiger partial charge in [-0.05, 0) is 39.0 Å². The fourth-order valence-electron chi connectivity index (χ4n) is 2.78. The Balaban J connectivity index is 2.15. The highest BCUT2D eigenvalue weighted by Gasteiger charge is 2.34. The molecule has 0 amide bonds. The van der Waals surface area contributed by atoms with Crippen molar-refractivity contribution >= 4 is 16.0 Å². The van der Waals surface area contributed by atoms with E-state index in [-0.39, 0.29) is 17.2 Å². The minimum absolute atomic E-state index is 0.0733. The van der Waals surface area contributed by atoms with Gasteiger partial charge in [0.25, 0.3) is 0 Å². The number of sulfonamides is 1. The molecular weight excluding hydrogens is 296 g/mol.